The second kappa shape index (κ2) is 9.84. The lowest BCUT2D eigenvalue weighted by Crippen LogP contribution is -2.32. The lowest BCUT2D eigenvalue weighted by molar-refractivity contribution is -0.135. The Morgan fingerprint density at radius 1 is 0.960 bits per heavy atom. The van der Waals surface area contributed by atoms with E-state index in [2.05, 4.69) is 16.0 Å². The number of halogens is 3. The average molecular weight is 685 g/mol. The van der Waals surface area contributed by atoms with Crippen molar-refractivity contribution < 1.29 is 24.3 Å². The highest BCUT2D eigenvalue weighted by molar-refractivity contribution is 14.1. The molecule has 136 valence electrons. The molecule has 1 aromatic carbocycles. The third-order valence-electron chi connectivity index (χ3n) is 2.98. The summed E-state index contributed by atoms with van der Waals surface area (Å²) in [6, 6.07) is 0. The van der Waals surface area contributed by atoms with E-state index in [9.17, 15) is 19.2 Å². The van der Waals surface area contributed by atoms with Gasteiger partial charge in [0.05, 0.1) is 24.0 Å². The number of nitrogens with one attached hydrogen (secondary N) is 3. The van der Waals surface area contributed by atoms with Gasteiger partial charge in [0, 0.05) is 17.0 Å². The standard InChI is InChI=1S/C14H14I3N3O5/c1-3-5(21)20-12-10(16)7(13(24)18-2)9(15)8(11(12)17)14(25)19-4-6(22)23/h3-4H2,1-2H3,(H,18,24)(H,19,25)(H,20,21)(H,22,23). The van der Waals surface area contributed by atoms with Crippen LogP contribution in [0.15, 0.2) is 0 Å². The van der Waals surface area contributed by atoms with Crippen molar-refractivity contribution >= 4 is 97.2 Å². The van der Waals surface area contributed by atoms with Crippen LogP contribution in [0.25, 0.3) is 0 Å². The van der Waals surface area contributed by atoms with E-state index in [-0.39, 0.29) is 23.5 Å². The minimum Gasteiger partial charge on any atom is -0.480 e. The fourth-order valence-corrected chi connectivity index (χ4v) is 6.19. The maximum Gasteiger partial charge on any atom is 0.322 e. The van der Waals surface area contributed by atoms with E-state index in [0.717, 1.165) is 0 Å². The number of carboxylic acids is 1. The van der Waals surface area contributed by atoms with Crippen molar-refractivity contribution in [2.45, 2.75) is 13.3 Å². The van der Waals surface area contributed by atoms with Gasteiger partial charge in [-0.05, 0) is 67.8 Å². The quantitative estimate of drug-likeness (QED) is 0.342. The second-order valence-corrected chi connectivity index (χ2v) is 7.86. The SMILES string of the molecule is CCC(=O)Nc1c(I)c(C(=O)NC)c(I)c(C(=O)NCC(=O)O)c1I. The van der Waals surface area contributed by atoms with Crippen molar-refractivity contribution in [2.24, 2.45) is 0 Å². The van der Waals surface area contributed by atoms with Gasteiger partial charge in [-0.2, -0.15) is 0 Å². The van der Waals surface area contributed by atoms with Crippen LogP contribution in [0.3, 0.4) is 0 Å². The molecule has 0 bridgehead atoms. The molecule has 11 heteroatoms. The zero-order valence-electron chi connectivity index (χ0n) is 13.1. The van der Waals surface area contributed by atoms with Crippen LogP contribution in [0, 0.1) is 10.7 Å². The molecule has 0 aliphatic rings. The molecule has 0 aliphatic heterocycles. The van der Waals surface area contributed by atoms with Gasteiger partial charge in [-0.25, -0.2) is 0 Å². The van der Waals surface area contributed by atoms with Gasteiger partial charge in [-0.15, -0.1) is 0 Å². The van der Waals surface area contributed by atoms with Gasteiger partial charge in [0.1, 0.15) is 6.54 Å². The largest absolute Gasteiger partial charge is 0.480 e. The summed E-state index contributed by atoms with van der Waals surface area (Å²) in [4.78, 5) is 47.2. The number of carbonyl (C=O) groups excluding carboxylic acids is 3. The molecule has 0 radical (unpaired) electrons. The molecular weight excluding hydrogens is 671 g/mol. The van der Waals surface area contributed by atoms with Crippen LogP contribution in [0.5, 0.6) is 0 Å². The number of aliphatic carboxylic acids is 1. The van der Waals surface area contributed by atoms with Crippen LogP contribution in [0.4, 0.5) is 5.69 Å². The molecule has 0 unspecified atom stereocenters. The monoisotopic (exact) mass is 685 g/mol. The van der Waals surface area contributed by atoms with Crippen LogP contribution in [-0.4, -0.2) is 42.4 Å². The molecule has 1 aromatic rings. The fraction of sp³-hybridized carbons (Fsp3) is 0.286. The molecule has 0 heterocycles. The Kier molecular flexibility index (Phi) is 8.79. The summed E-state index contributed by atoms with van der Waals surface area (Å²) in [6.45, 7) is 1.13. The van der Waals surface area contributed by atoms with Crippen molar-refractivity contribution in [1.29, 1.82) is 0 Å². The van der Waals surface area contributed by atoms with Crippen molar-refractivity contribution in [1.82, 2.24) is 10.6 Å². The Bertz CT molecular complexity index is 752. The Hall–Kier alpha value is -0.710. The minimum atomic E-state index is -1.19. The number of carboxylic acid groups (broad SMARTS) is 1. The Balaban J connectivity index is 3.61. The molecule has 1 rings (SSSR count). The summed E-state index contributed by atoms with van der Waals surface area (Å²) in [6.07, 6.45) is 0.230. The highest BCUT2D eigenvalue weighted by atomic mass is 127. The molecular formula is C14H14I3N3O5. The smallest absolute Gasteiger partial charge is 0.322 e. The van der Waals surface area contributed by atoms with E-state index in [1.165, 1.54) is 7.05 Å². The number of carbonyl (C=O) groups is 4. The van der Waals surface area contributed by atoms with E-state index in [1.807, 2.05) is 67.8 Å². The molecule has 0 spiro atoms. The number of rotatable bonds is 6. The maximum atomic E-state index is 12.4. The maximum absolute atomic E-state index is 12.4. The van der Waals surface area contributed by atoms with E-state index in [0.29, 0.717) is 16.4 Å². The number of benzene rings is 1. The molecule has 0 aromatic heterocycles. The van der Waals surface area contributed by atoms with Gasteiger partial charge in [0.2, 0.25) is 5.91 Å². The van der Waals surface area contributed by atoms with E-state index >= 15 is 0 Å². The highest BCUT2D eigenvalue weighted by Crippen LogP contribution is 2.35. The number of amides is 3. The number of hydrogen-bond donors (Lipinski definition) is 4. The Morgan fingerprint density at radius 2 is 1.48 bits per heavy atom. The summed E-state index contributed by atoms with van der Waals surface area (Å²) >= 11 is 5.71. The van der Waals surface area contributed by atoms with Crippen molar-refractivity contribution in [3.63, 3.8) is 0 Å². The molecule has 0 saturated carbocycles. The molecule has 0 atom stereocenters. The Morgan fingerprint density at radius 3 is 1.92 bits per heavy atom. The lowest BCUT2D eigenvalue weighted by Gasteiger charge is -2.18. The van der Waals surface area contributed by atoms with Gasteiger partial charge >= 0.3 is 5.97 Å². The van der Waals surface area contributed by atoms with Gasteiger partial charge in [0.15, 0.2) is 0 Å². The van der Waals surface area contributed by atoms with Crippen LogP contribution in [-0.2, 0) is 9.59 Å². The molecule has 0 aliphatic carbocycles. The first-order valence-corrected chi connectivity index (χ1v) is 10.1. The first-order chi connectivity index (χ1) is 11.6. The number of hydrogen-bond acceptors (Lipinski definition) is 4. The summed E-state index contributed by atoms with van der Waals surface area (Å²) in [5, 5.41) is 16.2. The van der Waals surface area contributed by atoms with Gasteiger partial charge in [-0.3, -0.25) is 19.2 Å². The summed E-state index contributed by atoms with van der Waals surface area (Å²) < 4.78 is 1.31. The van der Waals surface area contributed by atoms with Crippen molar-refractivity contribution in [3.05, 3.63) is 21.8 Å². The van der Waals surface area contributed by atoms with E-state index < -0.39 is 24.3 Å². The van der Waals surface area contributed by atoms with Crippen LogP contribution >= 0.6 is 67.8 Å². The molecule has 25 heavy (non-hydrogen) atoms. The third-order valence-corrected chi connectivity index (χ3v) is 6.22. The molecule has 0 saturated heterocycles. The van der Waals surface area contributed by atoms with Crippen LogP contribution < -0.4 is 16.0 Å². The normalized spacial score (nSPS) is 10.1. The zero-order valence-corrected chi connectivity index (χ0v) is 19.6. The topological polar surface area (TPSA) is 125 Å². The van der Waals surface area contributed by atoms with Crippen LogP contribution in [0.1, 0.15) is 34.1 Å². The first kappa shape index (κ1) is 22.3. The zero-order chi connectivity index (χ0) is 19.3. The fourth-order valence-electron chi connectivity index (χ4n) is 1.77. The predicted molar refractivity (Wildman–Crippen MR) is 117 cm³/mol. The lowest BCUT2D eigenvalue weighted by atomic mass is 10.1. The molecule has 3 amide bonds. The van der Waals surface area contributed by atoms with E-state index in [4.69, 9.17) is 5.11 Å². The van der Waals surface area contributed by atoms with Gasteiger partial charge in [-0.1, -0.05) is 6.92 Å². The van der Waals surface area contributed by atoms with Gasteiger partial charge in [0.25, 0.3) is 11.8 Å². The van der Waals surface area contributed by atoms with Crippen molar-refractivity contribution in [2.75, 3.05) is 18.9 Å². The first-order valence-electron chi connectivity index (χ1n) is 6.87. The second-order valence-electron chi connectivity index (χ2n) is 4.62. The average Bonchev–Trinajstić information content (AvgIpc) is 2.56. The Labute approximate surface area is 184 Å². The summed E-state index contributed by atoms with van der Waals surface area (Å²) in [5.74, 6) is -2.50. The summed E-state index contributed by atoms with van der Waals surface area (Å²) in [5.41, 5.74) is 0.747. The molecule has 4 N–H and O–H groups in total. The minimum absolute atomic E-state index is 0.146. The van der Waals surface area contributed by atoms with Crippen molar-refractivity contribution in [3.8, 4) is 0 Å². The predicted octanol–water partition coefficient (Wildman–Crippen LogP) is 2.02. The number of anilines is 1. The summed E-state index contributed by atoms with van der Waals surface area (Å²) in [7, 11) is 1.46. The third kappa shape index (κ3) is 5.38. The molecule has 0 fully saturated rings. The van der Waals surface area contributed by atoms with Crippen LogP contribution in [0.2, 0.25) is 0 Å². The molecule has 8 nitrogen and oxygen atoms in total. The van der Waals surface area contributed by atoms with Gasteiger partial charge < -0.3 is 21.1 Å². The van der Waals surface area contributed by atoms with E-state index in [1.54, 1.807) is 6.92 Å². The highest BCUT2D eigenvalue weighted by Gasteiger charge is 2.28.